The molecule has 1 fully saturated rings. The first-order chi connectivity index (χ1) is 9.03. The van der Waals surface area contributed by atoms with Gasteiger partial charge >= 0.3 is 0 Å². The molecular weight excluding hydrogens is 268 g/mol. The fourth-order valence-corrected chi connectivity index (χ4v) is 2.15. The van der Waals surface area contributed by atoms with Gasteiger partial charge in [0, 0.05) is 6.42 Å². The number of hydrogen-bond donors (Lipinski definition) is 0. The molecule has 0 bridgehead atoms. The maximum absolute atomic E-state index is 10.9. The van der Waals surface area contributed by atoms with Gasteiger partial charge in [0.05, 0.1) is 19.5 Å². The summed E-state index contributed by atoms with van der Waals surface area (Å²) in [5, 5.41) is 0. The zero-order valence-corrected chi connectivity index (χ0v) is 11.7. The van der Waals surface area contributed by atoms with E-state index in [0.717, 1.165) is 43.4 Å². The molecule has 0 radical (unpaired) electrons. The van der Waals surface area contributed by atoms with Gasteiger partial charge in [-0.25, -0.2) is 0 Å². The highest BCUT2D eigenvalue weighted by Crippen LogP contribution is 2.19. The van der Waals surface area contributed by atoms with Crippen LogP contribution in [0.15, 0.2) is 24.3 Å². The van der Waals surface area contributed by atoms with Gasteiger partial charge in [0.1, 0.15) is 5.75 Å². The van der Waals surface area contributed by atoms with Crippen LogP contribution >= 0.6 is 0 Å². The molecule has 0 aliphatic carbocycles. The quantitative estimate of drug-likeness (QED) is 0.775. The lowest BCUT2D eigenvalue weighted by molar-refractivity contribution is -0.105. The molecule has 1 atom stereocenters. The second-order valence-corrected chi connectivity index (χ2v) is 6.17. The maximum Gasteiger partial charge on any atom is 0.264 e. The zero-order valence-electron chi connectivity index (χ0n) is 10.9. The van der Waals surface area contributed by atoms with Crippen molar-refractivity contribution in [3.05, 3.63) is 29.8 Å². The van der Waals surface area contributed by atoms with Gasteiger partial charge in [0.2, 0.25) is 0 Å². The Balaban J connectivity index is 1.87. The van der Waals surface area contributed by atoms with Crippen molar-refractivity contribution in [1.29, 1.82) is 0 Å². The molecule has 1 aromatic rings. The molecule has 106 valence electrons. The minimum atomic E-state index is -3.41. The average Bonchev–Trinajstić information content (AvgIpc) is 2.38. The van der Waals surface area contributed by atoms with Crippen LogP contribution in [0, 0.1) is 0 Å². The van der Waals surface area contributed by atoms with E-state index in [1.807, 2.05) is 0 Å². The summed E-state index contributed by atoms with van der Waals surface area (Å²) >= 11 is 0. The van der Waals surface area contributed by atoms with Gasteiger partial charge in [-0.3, -0.25) is 4.18 Å². The Bertz CT molecular complexity index is 488. The Morgan fingerprint density at radius 2 is 2.00 bits per heavy atom. The van der Waals surface area contributed by atoms with Crippen LogP contribution in [0.4, 0.5) is 0 Å². The molecule has 1 aliphatic rings. The molecule has 0 saturated carbocycles. The van der Waals surface area contributed by atoms with E-state index in [9.17, 15) is 8.42 Å². The minimum Gasteiger partial charge on any atom is -0.465 e. The number of ether oxygens (including phenoxy) is 2. The lowest BCUT2D eigenvalue weighted by Gasteiger charge is -2.23. The van der Waals surface area contributed by atoms with Crippen molar-refractivity contribution in [3.8, 4) is 5.75 Å². The fraction of sp³-hybridized carbons (Fsp3) is 0.538. The van der Waals surface area contributed by atoms with Gasteiger partial charge in [-0.15, -0.1) is 0 Å². The molecule has 0 amide bonds. The highest BCUT2D eigenvalue weighted by Gasteiger charge is 2.15. The highest BCUT2D eigenvalue weighted by molar-refractivity contribution is 7.85. The Morgan fingerprint density at radius 1 is 1.26 bits per heavy atom. The van der Waals surface area contributed by atoms with E-state index in [0.29, 0.717) is 0 Å². The van der Waals surface area contributed by atoms with Gasteiger partial charge in [-0.2, -0.15) is 8.42 Å². The van der Waals surface area contributed by atoms with Crippen LogP contribution in [0.2, 0.25) is 0 Å². The van der Waals surface area contributed by atoms with Crippen LogP contribution in [0.25, 0.3) is 0 Å². The Labute approximate surface area is 113 Å². The monoisotopic (exact) mass is 286 g/mol. The van der Waals surface area contributed by atoms with Crippen LogP contribution < -0.4 is 4.74 Å². The van der Waals surface area contributed by atoms with E-state index in [-0.39, 0.29) is 12.9 Å². The summed E-state index contributed by atoms with van der Waals surface area (Å²) in [5.41, 5.74) is 0.780. The normalized spacial score (nSPS) is 20.2. The smallest absolute Gasteiger partial charge is 0.264 e. The van der Waals surface area contributed by atoms with E-state index in [4.69, 9.17) is 13.7 Å². The van der Waals surface area contributed by atoms with Crippen molar-refractivity contribution in [2.45, 2.75) is 32.2 Å². The molecule has 1 unspecified atom stereocenters. The first-order valence-electron chi connectivity index (χ1n) is 6.24. The van der Waals surface area contributed by atoms with Crippen molar-refractivity contribution in [2.75, 3.05) is 12.9 Å². The zero-order chi connectivity index (χ0) is 13.7. The average molecular weight is 286 g/mol. The SMILES string of the molecule is CS(=O)(=O)OCc1ccc(OC2CCCCO2)cc1. The van der Waals surface area contributed by atoms with Crippen molar-refractivity contribution in [1.82, 2.24) is 0 Å². The largest absolute Gasteiger partial charge is 0.465 e. The van der Waals surface area contributed by atoms with E-state index in [1.54, 1.807) is 24.3 Å². The van der Waals surface area contributed by atoms with Crippen LogP contribution in [0.5, 0.6) is 5.75 Å². The summed E-state index contributed by atoms with van der Waals surface area (Å²) in [5.74, 6) is 0.718. The van der Waals surface area contributed by atoms with Gasteiger partial charge in [0.25, 0.3) is 10.1 Å². The molecule has 19 heavy (non-hydrogen) atoms. The predicted molar refractivity (Wildman–Crippen MR) is 70.3 cm³/mol. The van der Waals surface area contributed by atoms with Crippen molar-refractivity contribution in [2.24, 2.45) is 0 Å². The molecule has 0 spiro atoms. The van der Waals surface area contributed by atoms with Crippen molar-refractivity contribution in [3.63, 3.8) is 0 Å². The van der Waals surface area contributed by atoms with Crippen molar-refractivity contribution < 1.29 is 22.1 Å². The summed E-state index contributed by atoms with van der Waals surface area (Å²) in [6.45, 7) is 0.782. The molecule has 6 heteroatoms. The topological polar surface area (TPSA) is 61.8 Å². The standard InChI is InChI=1S/C13H18O5S/c1-19(14,15)17-10-11-5-7-12(8-6-11)18-13-4-2-3-9-16-13/h5-8,13H,2-4,9-10H2,1H3. The number of hydrogen-bond acceptors (Lipinski definition) is 5. The minimum absolute atomic E-state index is 0.0407. The summed E-state index contributed by atoms with van der Waals surface area (Å²) < 4.78 is 37.6. The molecule has 1 aliphatic heterocycles. The molecule has 0 aromatic heterocycles. The third kappa shape index (κ3) is 5.18. The summed E-state index contributed by atoms with van der Waals surface area (Å²) in [4.78, 5) is 0. The molecule has 0 N–H and O–H groups in total. The first-order valence-corrected chi connectivity index (χ1v) is 8.06. The van der Waals surface area contributed by atoms with Gasteiger partial charge in [0.15, 0.2) is 6.29 Å². The number of benzene rings is 1. The third-order valence-corrected chi connectivity index (χ3v) is 3.31. The molecule has 1 aromatic carbocycles. The highest BCUT2D eigenvalue weighted by atomic mass is 32.2. The van der Waals surface area contributed by atoms with Crippen LogP contribution in [-0.2, 0) is 25.6 Å². The maximum atomic E-state index is 10.9. The second-order valence-electron chi connectivity index (χ2n) is 4.52. The van der Waals surface area contributed by atoms with E-state index in [2.05, 4.69) is 0 Å². The van der Waals surface area contributed by atoms with E-state index in [1.165, 1.54) is 0 Å². The summed E-state index contributed by atoms with van der Waals surface area (Å²) in [6, 6.07) is 7.14. The fourth-order valence-electron chi connectivity index (χ4n) is 1.80. The lowest BCUT2D eigenvalue weighted by Crippen LogP contribution is -2.24. The second kappa shape index (κ2) is 6.36. The van der Waals surface area contributed by atoms with Crippen LogP contribution in [-0.4, -0.2) is 27.6 Å². The molecule has 1 heterocycles. The van der Waals surface area contributed by atoms with Gasteiger partial charge in [-0.1, -0.05) is 12.1 Å². The third-order valence-electron chi connectivity index (χ3n) is 2.77. The Kier molecular flexibility index (Phi) is 4.79. The molecule has 1 saturated heterocycles. The van der Waals surface area contributed by atoms with E-state index >= 15 is 0 Å². The van der Waals surface area contributed by atoms with Gasteiger partial charge < -0.3 is 9.47 Å². The van der Waals surface area contributed by atoms with Crippen molar-refractivity contribution >= 4 is 10.1 Å². The molecule has 5 nitrogen and oxygen atoms in total. The lowest BCUT2D eigenvalue weighted by atomic mass is 10.2. The van der Waals surface area contributed by atoms with E-state index < -0.39 is 10.1 Å². The van der Waals surface area contributed by atoms with Crippen LogP contribution in [0.3, 0.4) is 0 Å². The van der Waals surface area contributed by atoms with Crippen LogP contribution in [0.1, 0.15) is 24.8 Å². The molecule has 2 rings (SSSR count). The molecular formula is C13H18O5S. The first kappa shape index (κ1) is 14.3. The summed E-state index contributed by atoms with van der Waals surface area (Å²) in [7, 11) is -3.41. The van der Waals surface area contributed by atoms with Gasteiger partial charge in [-0.05, 0) is 30.5 Å². The summed E-state index contributed by atoms with van der Waals surface area (Å²) in [6.07, 6.45) is 3.96. The Hall–Kier alpha value is -1.11. The predicted octanol–water partition coefficient (Wildman–Crippen LogP) is 2.07. The Morgan fingerprint density at radius 3 is 2.58 bits per heavy atom. The number of rotatable bonds is 5.